The Morgan fingerprint density at radius 2 is 2.04 bits per heavy atom. The molecular weight excluding hydrogens is 313 g/mol. The SMILES string of the molecule is C=N/C(=C\C=C\c1ccc(P)c(C)c1)OC(CCC)CCCCC. The van der Waals surface area contributed by atoms with Gasteiger partial charge in [0.15, 0.2) is 0 Å². The Kier molecular flexibility index (Phi) is 10.4. The molecule has 0 aromatic heterocycles. The van der Waals surface area contributed by atoms with Gasteiger partial charge in [0.2, 0.25) is 5.88 Å². The molecule has 132 valence electrons. The molecule has 2 atom stereocenters. The second kappa shape index (κ2) is 12.0. The lowest BCUT2D eigenvalue weighted by Crippen LogP contribution is -2.12. The van der Waals surface area contributed by atoms with E-state index < -0.39 is 0 Å². The van der Waals surface area contributed by atoms with Gasteiger partial charge >= 0.3 is 0 Å². The van der Waals surface area contributed by atoms with Crippen LogP contribution < -0.4 is 5.30 Å². The van der Waals surface area contributed by atoms with Crippen molar-refractivity contribution < 1.29 is 4.74 Å². The van der Waals surface area contributed by atoms with Gasteiger partial charge in [-0.25, -0.2) is 4.99 Å². The molecule has 0 N–H and O–H groups in total. The third kappa shape index (κ3) is 7.93. The first-order valence-electron chi connectivity index (χ1n) is 8.98. The highest BCUT2D eigenvalue weighted by Gasteiger charge is 2.09. The molecule has 2 nitrogen and oxygen atoms in total. The number of aryl methyl sites for hydroxylation is 1. The standard InChI is InChI=1S/C21H32NOP/c1-5-7-8-12-19(10-6-2)23-21(22-4)13-9-11-18-14-15-20(24)17(3)16-18/h9,11,13-16,19H,4-8,10,12,24H2,1-3H3/b11-9+,21-13+. The largest absolute Gasteiger partial charge is 0.474 e. The molecule has 0 amide bonds. The first kappa shape index (κ1) is 20.6. The molecule has 0 bridgehead atoms. The highest BCUT2D eigenvalue weighted by atomic mass is 31.0. The van der Waals surface area contributed by atoms with E-state index in [4.69, 9.17) is 4.74 Å². The minimum Gasteiger partial charge on any atom is -0.474 e. The first-order valence-corrected chi connectivity index (χ1v) is 9.56. The van der Waals surface area contributed by atoms with Crippen LogP contribution in [-0.4, -0.2) is 12.8 Å². The maximum atomic E-state index is 6.04. The molecule has 3 heteroatoms. The number of aliphatic imine (C=N–C) groups is 1. The van der Waals surface area contributed by atoms with Gasteiger partial charge in [-0.2, -0.15) is 0 Å². The van der Waals surface area contributed by atoms with Crippen molar-refractivity contribution in [2.45, 2.75) is 65.4 Å². The number of hydrogen-bond donors (Lipinski definition) is 0. The molecule has 0 aliphatic carbocycles. The van der Waals surface area contributed by atoms with E-state index in [1.54, 1.807) is 0 Å². The number of unbranched alkanes of at least 4 members (excludes halogenated alkanes) is 2. The summed E-state index contributed by atoms with van der Waals surface area (Å²) in [6, 6.07) is 6.38. The summed E-state index contributed by atoms with van der Waals surface area (Å²) in [7, 11) is 2.75. The Hall–Kier alpha value is -1.40. The molecule has 1 rings (SSSR count). The summed E-state index contributed by atoms with van der Waals surface area (Å²) in [6.07, 6.45) is 13.2. The highest BCUT2D eigenvalue weighted by molar-refractivity contribution is 7.27. The molecule has 0 saturated heterocycles. The van der Waals surface area contributed by atoms with Crippen molar-refractivity contribution >= 4 is 27.3 Å². The Balaban J connectivity index is 2.67. The van der Waals surface area contributed by atoms with Crippen LogP contribution in [0.25, 0.3) is 6.08 Å². The van der Waals surface area contributed by atoms with Gasteiger partial charge in [0.1, 0.15) is 6.10 Å². The monoisotopic (exact) mass is 345 g/mol. The fraction of sp³-hybridized carbons (Fsp3) is 0.476. The molecule has 0 aliphatic heterocycles. The second-order valence-corrected chi connectivity index (χ2v) is 6.78. The van der Waals surface area contributed by atoms with Crippen LogP contribution in [0.15, 0.2) is 41.2 Å². The van der Waals surface area contributed by atoms with E-state index in [2.05, 4.69) is 66.0 Å². The average Bonchev–Trinajstić information content (AvgIpc) is 2.57. The Morgan fingerprint density at radius 3 is 2.67 bits per heavy atom. The number of ether oxygens (including phenoxy) is 1. The van der Waals surface area contributed by atoms with Crippen LogP contribution in [0.2, 0.25) is 0 Å². The number of nitrogens with zero attached hydrogens (tertiary/aromatic N) is 1. The number of hydrogen-bond acceptors (Lipinski definition) is 2. The molecular formula is C21H32NOP. The lowest BCUT2D eigenvalue weighted by Gasteiger charge is -2.18. The van der Waals surface area contributed by atoms with Crippen LogP contribution >= 0.6 is 9.24 Å². The quantitative estimate of drug-likeness (QED) is 0.163. The third-order valence-corrected chi connectivity index (χ3v) is 4.65. The highest BCUT2D eigenvalue weighted by Crippen LogP contribution is 2.16. The number of rotatable bonds is 11. The zero-order valence-corrected chi connectivity index (χ0v) is 16.6. The maximum absolute atomic E-state index is 6.04. The molecule has 0 spiro atoms. The Morgan fingerprint density at radius 1 is 1.25 bits per heavy atom. The van der Waals surface area contributed by atoms with E-state index in [1.165, 1.54) is 35.7 Å². The van der Waals surface area contributed by atoms with E-state index in [-0.39, 0.29) is 6.10 Å². The van der Waals surface area contributed by atoms with Crippen molar-refractivity contribution in [2.75, 3.05) is 0 Å². The predicted octanol–water partition coefficient (Wildman–Crippen LogP) is 5.82. The van der Waals surface area contributed by atoms with Crippen LogP contribution in [0.4, 0.5) is 0 Å². The topological polar surface area (TPSA) is 21.6 Å². The van der Waals surface area contributed by atoms with E-state index in [0.29, 0.717) is 5.88 Å². The van der Waals surface area contributed by atoms with Crippen molar-refractivity contribution in [1.82, 2.24) is 0 Å². The maximum Gasteiger partial charge on any atom is 0.212 e. The van der Waals surface area contributed by atoms with Gasteiger partial charge in [0.25, 0.3) is 0 Å². The minimum absolute atomic E-state index is 0.241. The summed E-state index contributed by atoms with van der Waals surface area (Å²) in [6.45, 7) is 10.2. The number of allylic oxidation sites excluding steroid dienone is 2. The van der Waals surface area contributed by atoms with E-state index >= 15 is 0 Å². The zero-order valence-electron chi connectivity index (χ0n) is 15.4. The fourth-order valence-electron chi connectivity index (χ4n) is 2.55. The molecule has 0 aliphatic rings. The zero-order chi connectivity index (χ0) is 17.8. The molecule has 2 unspecified atom stereocenters. The Bertz CT molecular complexity index is 563. The van der Waals surface area contributed by atoms with Crippen molar-refractivity contribution in [3.05, 3.63) is 47.4 Å². The molecule has 1 aromatic carbocycles. The van der Waals surface area contributed by atoms with Crippen LogP contribution in [0, 0.1) is 6.92 Å². The second-order valence-electron chi connectivity index (χ2n) is 6.16. The molecule has 0 radical (unpaired) electrons. The van der Waals surface area contributed by atoms with Crippen LogP contribution in [0.5, 0.6) is 0 Å². The molecule has 0 saturated carbocycles. The average molecular weight is 345 g/mol. The summed E-state index contributed by atoms with van der Waals surface area (Å²) in [4.78, 5) is 4.04. The van der Waals surface area contributed by atoms with Crippen LogP contribution in [-0.2, 0) is 4.74 Å². The van der Waals surface area contributed by atoms with Crippen molar-refractivity contribution in [3.8, 4) is 0 Å². The van der Waals surface area contributed by atoms with Gasteiger partial charge in [-0.05, 0) is 49.3 Å². The van der Waals surface area contributed by atoms with Crippen molar-refractivity contribution in [1.29, 1.82) is 0 Å². The van der Waals surface area contributed by atoms with Crippen molar-refractivity contribution in [2.24, 2.45) is 4.99 Å². The predicted molar refractivity (Wildman–Crippen MR) is 111 cm³/mol. The lowest BCUT2D eigenvalue weighted by atomic mass is 10.1. The molecule has 0 heterocycles. The summed E-state index contributed by atoms with van der Waals surface area (Å²) in [5.74, 6) is 0.612. The summed E-state index contributed by atoms with van der Waals surface area (Å²) < 4.78 is 6.04. The summed E-state index contributed by atoms with van der Waals surface area (Å²) in [5.41, 5.74) is 2.44. The van der Waals surface area contributed by atoms with E-state index in [0.717, 1.165) is 19.3 Å². The normalized spacial score (nSPS) is 13.2. The lowest BCUT2D eigenvalue weighted by molar-refractivity contribution is 0.0963. The van der Waals surface area contributed by atoms with Crippen LogP contribution in [0.1, 0.15) is 63.5 Å². The van der Waals surface area contributed by atoms with Crippen LogP contribution in [0.3, 0.4) is 0 Å². The molecule has 0 fully saturated rings. The van der Waals surface area contributed by atoms with Gasteiger partial charge in [0, 0.05) is 6.08 Å². The summed E-state index contributed by atoms with van der Waals surface area (Å²) in [5, 5.41) is 1.23. The summed E-state index contributed by atoms with van der Waals surface area (Å²) >= 11 is 0. The van der Waals surface area contributed by atoms with Gasteiger partial charge in [-0.1, -0.05) is 63.5 Å². The number of benzene rings is 1. The first-order chi connectivity index (χ1) is 11.6. The fourth-order valence-corrected chi connectivity index (χ4v) is 2.73. The Labute approximate surface area is 150 Å². The minimum atomic E-state index is 0.241. The molecule has 24 heavy (non-hydrogen) atoms. The smallest absolute Gasteiger partial charge is 0.212 e. The van der Waals surface area contributed by atoms with E-state index in [1.807, 2.05) is 12.2 Å². The van der Waals surface area contributed by atoms with Gasteiger partial charge in [0.05, 0.1) is 0 Å². The van der Waals surface area contributed by atoms with Gasteiger partial charge < -0.3 is 4.74 Å². The van der Waals surface area contributed by atoms with Crippen molar-refractivity contribution in [3.63, 3.8) is 0 Å². The third-order valence-electron chi connectivity index (χ3n) is 4.00. The molecule has 1 aromatic rings. The van der Waals surface area contributed by atoms with Gasteiger partial charge in [-0.3, -0.25) is 0 Å². The van der Waals surface area contributed by atoms with Gasteiger partial charge in [-0.15, -0.1) is 9.24 Å². The van der Waals surface area contributed by atoms with E-state index in [9.17, 15) is 0 Å².